The predicted molar refractivity (Wildman–Crippen MR) is 86.3 cm³/mol. The molecule has 0 spiro atoms. The quantitative estimate of drug-likeness (QED) is 0.552. The summed E-state index contributed by atoms with van der Waals surface area (Å²) in [5, 5.41) is 12.7. The van der Waals surface area contributed by atoms with Gasteiger partial charge in [-0.3, -0.25) is 0 Å². The first kappa shape index (κ1) is 12.7. The van der Waals surface area contributed by atoms with Crippen LogP contribution in [0.2, 0.25) is 0 Å². The Balaban J connectivity index is 1.88. The molecule has 0 aliphatic carbocycles. The molecular formula is C17H12BrNO2. The lowest BCUT2D eigenvalue weighted by Gasteiger charge is -2.08. The number of benzene rings is 2. The van der Waals surface area contributed by atoms with Gasteiger partial charge >= 0.3 is 0 Å². The van der Waals surface area contributed by atoms with Crippen LogP contribution in [0.3, 0.4) is 0 Å². The maximum absolute atomic E-state index is 10.4. The van der Waals surface area contributed by atoms with Crippen LogP contribution in [0.25, 0.3) is 21.8 Å². The zero-order valence-electron chi connectivity index (χ0n) is 11.0. The SMILES string of the molecule is OC(c1ccc2[nH]c3ccccc3c2c1)c1ccc(Br)o1. The molecule has 0 radical (unpaired) electrons. The molecule has 0 saturated heterocycles. The van der Waals surface area contributed by atoms with E-state index in [1.54, 1.807) is 12.1 Å². The van der Waals surface area contributed by atoms with Crippen molar-refractivity contribution in [1.29, 1.82) is 0 Å². The van der Waals surface area contributed by atoms with Gasteiger partial charge in [0.15, 0.2) is 4.67 Å². The van der Waals surface area contributed by atoms with Crippen molar-refractivity contribution in [3.8, 4) is 0 Å². The number of nitrogens with one attached hydrogen (secondary N) is 1. The number of furan rings is 1. The maximum Gasteiger partial charge on any atom is 0.169 e. The Kier molecular flexibility index (Phi) is 2.87. The molecule has 21 heavy (non-hydrogen) atoms. The van der Waals surface area contributed by atoms with Gasteiger partial charge in [-0.25, -0.2) is 0 Å². The van der Waals surface area contributed by atoms with E-state index in [9.17, 15) is 5.11 Å². The number of aliphatic hydroxyl groups is 1. The first-order chi connectivity index (χ1) is 10.2. The number of H-pyrrole nitrogens is 1. The third-order valence-electron chi connectivity index (χ3n) is 3.71. The van der Waals surface area contributed by atoms with Gasteiger partial charge < -0.3 is 14.5 Å². The molecule has 2 aromatic heterocycles. The lowest BCUT2D eigenvalue weighted by atomic mass is 10.0. The van der Waals surface area contributed by atoms with E-state index >= 15 is 0 Å². The number of aliphatic hydroxyl groups excluding tert-OH is 1. The lowest BCUT2D eigenvalue weighted by Crippen LogP contribution is -1.97. The van der Waals surface area contributed by atoms with Crippen molar-refractivity contribution in [3.05, 3.63) is 70.6 Å². The fraction of sp³-hybridized carbons (Fsp3) is 0.0588. The van der Waals surface area contributed by atoms with Crippen molar-refractivity contribution in [2.24, 2.45) is 0 Å². The van der Waals surface area contributed by atoms with Gasteiger partial charge in [-0.1, -0.05) is 24.3 Å². The van der Waals surface area contributed by atoms with Gasteiger partial charge in [0, 0.05) is 21.8 Å². The van der Waals surface area contributed by atoms with Crippen molar-refractivity contribution in [2.45, 2.75) is 6.10 Å². The normalized spacial score (nSPS) is 13.0. The van der Waals surface area contributed by atoms with E-state index in [0.29, 0.717) is 10.4 Å². The molecule has 1 atom stereocenters. The molecule has 0 bridgehead atoms. The number of aromatic nitrogens is 1. The average molecular weight is 342 g/mol. The molecule has 2 heterocycles. The first-order valence-corrected chi connectivity index (χ1v) is 7.45. The molecule has 4 rings (SSSR count). The summed E-state index contributed by atoms with van der Waals surface area (Å²) >= 11 is 3.26. The number of halogens is 1. The maximum atomic E-state index is 10.4. The van der Waals surface area contributed by atoms with Crippen LogP contribution in [0.1, 0.15) is 17.4 Å². The monoisotopic (exact) mass is 341 g/mol. The molecule has 0 aliphatic heterocycles. The molecule has 0 amide bonds. The van der Waals surface area contributed by atoms with Crippen LogP contribution in [0, 0.1) is 0 Å². The summed E-state index contributed by atoms with van der Waals surface area (Å²) in [6.45, 7) is 0. The van der Waals surface area contributed by atoms with E-state index in [-0.39, 0.29) is 0 Å². The predicted octanol–water partition coefficient (Wildman–Crippen LogP) is 4.76. The summed E-state index contributed by atoms with van der Waals surface area (Å²) < 4.78 is 6.06. The molecule has 0 aliphatic rings. The minimum Gasteiger partial charge on any atom is -0.451 e. The Bertz CT molecular complexity index is 938. The van der Waals surface area contributed by atoms with Crippen LogP contribution < -0.4 is 0 Å². The Morgan fingerprint density at radius 2 is 1.76 bits per heavy atom. The third-order valence-corrected chi connectivity index (χ3v) is 4.14. The summed E-state index contributed by atoms with van der Waals surface area (Å²) in [5.41, 5.74) is 2.97. The molecule has 4 heteroatoms. The van der Waals surface area contributed by atoms with Gasteiger partial charge in [-0.2, -0.15) is 0 Å². The van der Waals surface area contributed by atoms with Crippen LogP contribution in [-0.4, -0.2) is 10.1 Å². The summed E-state index contributed by atoms with van der Waals surface area (Å²) in [6, 6.07) is 17.6. The molecule has 0 saturated carbocycles. The van der Waals surface area contributed by atoms with Crippen molar-refractivity contribution >= 4 is 37.7 Å². The summed E-state index contributed by atoms with van der Waals surface area (Å²) in [6.07, 6.45) is -0.769. The fourth-order valence-corrected chi connectivity index (χ4v) is 2.99. The van der Waals surface area contributed by atoms with E-state index in [1.807, 2.05) is 30.3 Å². The number of para-hydroxylation sites is 1. The highest BCUT2D eigenvalue weighted by Gasteiger charge is 2.15. The molecular weight excluding hydrogens is 330 g/mol. The van der Waals surface area contributed by atoms with Gasteiger partial charge in [0.25, 0.3) is 0 Å². The van der Waals surface area contributed by atoms with Gasteiger partial charge in [-0.15, -0.1) is 0 Å². The van der Waals surface area contributed by atoms with Crippen molar-refractivity contribution < 1.29 is 9.52 Å². The Hall–Kier alpha value is -2.04. The van der Waals surface area contributed by atoms with Gasteiger partial charge in [0.05, 0.1) is 0 Å². The van der Waals surface area contributed by atoms with Crippen molar-refractivity contribution in [3.63, 3.8) is 0 Å². The smallest absolute Gasteiger partial charge is 0.169 e. The molecule has 3 nitrogen and oxygen atoms in total. The van der Waals surface area contributed by atoms with Crippen LogP contribution in [0.5, 0.6) is 0 Å². The van der Waals surface area contributed by atoms with Crippen LogP contribution in [-0.2, 0) is 0 Å². The van der Waals surface area contributed by atoms with Crippen molar-refractivity contribution in [1.82, 2.24) is 4.98 Å². The van der Waals surface area contributed by atoms with Gasteiger partial charge in [-0.05, 0) is 51.8 Å². The minimum atomic E-state index is -0.769. The Morgan fingerprint density at radius 1 is 0.952 bits per heavy atom. The average Bonchev–Trinajstić information content (AvgIpc) is 3.09. The van der Waals surface area contributed by atoms with E-state index in [4.69, 9.17) is 4.42 Å². The molecule has 0 fully saturated rings. The van der Waals surface area contributed by atoms with Crippen LogP contribution >= 0.6 is 15.9 Å². The van der Waals surface area contributed by atoms with Crippen LogP contribution in [0.4, 0.5) is 0 Å². The Morgan fingerprint density at radius 3 is 2.57 bits per heavy atom. The second-order valence-electron chi connectivity index (χ2n) is 5.02. The second kappa shape index (κ2) is 4.76. The molecule has 2 aromatic carbocycles. The standard InChI is InChI=1S/C17H12BrNO2/c18-16-8-7-15(21-16)17(20)10-5-6-14-12(9-10)11-3-1-2-4-13(11)19-14/h1-9,17,19-20H. The Labute approximate surface area is 129 Å². The lowest BCUT2D eigenvalue weighted by molar-refractivity contribution is 0.188. The number of aromatic amines is 1. The number of hydrogen-bond donors (Lipinski definition) is 2. The largest absolute Gasteiger partial charge is 0.451 e. The molecule has 4 aromatic rings. The second-order valence-corrected chi connectivity index (χ2v) is 5.80. The molecule has 2 N–H and O–H groups in total. The van der Waals surface area contributed by atoms with E-state index < -0.39 is 6.10 Å². The van der Waals surface area contributed by atoms with Crippen molar-refractivity contribution in [2.75, 3.05) is 0 Å². The first-order valence-electron chi connectivity index (χ1n) is 6.66. The minimum absolute atomic E-state index is 0.529. The molecule has 1 unspecified atom stereocenters. The number of hydrogen-bond acceptors (Lipinski definition) is 2. The zero-order valence-corrected chi connectivity index (χ0v) is 12.6. The summed E-state index contributed by atoms with van der Waals surface area (Å²) in [5.74, 6) is 0.529. The van der Waals surface area contributed by atoms with E-state index in [2.05, 4.69) is 33.0 Å². The van der Waals surface area contributed by atoms with E-state index in [1.165, 1.54) is 0 Å². The highest BCUT2D eigenvalue weighted by molar-refractivity contribution is 9.10. The highest BCUT2D eigenvalue weighted by atomic mass is 79.9. The summed E-state index contributed by atoms with van der Waals surface area (Å²) in [4.78, 5) is 3.38. The molecule has 104 valence electrons. The summed E-state index contributed by atoms with van der Waals surface area (Å²) in [7, 11) is 0. The zero-order chi connectivity index (χ0) is 14.4. The van der Waals surface area contributed by atoms with E-state index in [0.717, 1.165) is 27.4 Å². The topological polar surface area (TPSA) is 49.2 Å². The fourth-order valence-electron chi connectivity index (χ4n) is 2.68. The third kappa shape index (κ3) is 2.07. The van der Waals surface area contributed by atoms with Gasteiger partial charge in [0.1, 0.15) is 11.9 Å². The van der Waals surface area contributed by atoms with Crippen LogP contribution in [0.15, 0.2) is 63.7 Å². The van der Waals surface area contributed by atoms with Gasteiger partial charge in [0.2, 0.25) is 0 Å². The number of rotatable bonds is 2. The highest BCUT2D eigenvalue weighted by Crippen LogP contribution is 2.31. The number of fused-ring (bicyclic) bond motifs is 3.